The van der Waals surface area contributed by atoms with Gasteiger partial charge < -0.3 is 4.74 Å². The number of cyclic esters (lactones) is 1. The van der Waals surface area contributed by atoms with Crippen molar-refractivity contribution in [1.29, 1.82) is 0 Å². The molecule has 0 saturated heterocycles. The maximum Gasteiger partial charge on any atom is 0.339 e. The molecule has 2 atom stereocenters. The molecule has 0 spiro atoms. The molecule has 0 radical (unpaired) electrons. The molecule has 3 heteroatoms. The molecule has 0 fully saturated rings. The minimum atomic E-state index is -0.256. The predicted molar refractivity (Wildman–Crippen MR) is 74.5 cm³/mol. The Bertz CT molecular complexity index is 619. The third kappa shape index (κ3) is 2.13. The highest BCUT2D eigenvalue weighted by molar-refractivity contribution is 6.30. The molecule has 3 rings (SSSR count). The van der Waals surface area contributed by atoms with Crippen LogP contribution in [0, 0.1) is 0 Å². The molecule has 0 N–H and O–H groups in total. The first-order chi connectivity index (χ1) is 9.16. The van der Waals surface area contributed by atoms with Gasteiger partial charge in [-0.1, -0.05) is 48.9 Å². The van der Waals surface area contributed by atoms with Crippen LogP contribution < -0.4 is 0 Å². The van der Waals surface area contributed by atoms with Gasteiger partial charge in [0, 0.05) is 10.9 Å². The Hall–Kier alpha value is -1.80. The zero-order valence-corrected chi connectivity index (χ0v) is 11.2. The second-order valence-corrected chi connectivity index (χ2v) is 5.19. The smallest absolute Gasteiger partial charge is 0.339 e. The maximum atomic E-state index is 12.0. The molecule has 0 aromatic heterocycles. The van der Waals surface area contributed by atoms with Crippen LogP contribution in [-0.4, -0.2) is 5.97 Å². The molecule has 2 nitrogen and oxygen atoms in total. The molecule has 0 unspecified atom stereocenters. The van der Waals surface area contributed by atoms with E-state index < -0.39 is 0 Å². The van der Waals surface area contributed by atoms with Gasteiger partial charge in [-0.25, -0.2) is 4.79 Å². The van der Waals surface area contributed by atoms with Gasteiger partial charge in [0.2, 0.25) is 0 Å². The van der Waals surface area contributed by atoms with Gasteiger partial charge in [0.05, 0.1) is 5.56 Å². The molecule has 0 aliphatic carbocycles. The lowest BCUT2D eigenvalue weighted by Crippen LogP contribution is -2.24. The number of hydrogen-bond acceptors (Lipinski definition) is 2. The summed E-state index contributed by atoms with van der Waals surface area (Å²) >= 11 is 5.89. The first-order valence-corrected chi connectivity index (χ1v) is 6.60. The molecule has 19 heavy (non-hydrogen) atoms. The Labute approximate surface area is 117 Å². The fourth-order valence-electron chi connectivity index (χ4n) is 2.53. The summed E-state index contributed by atoms with van der Waals surface area (Å²) < 4.78 is 5.57. The Morgan fingerprint density at radius 2 is 1.74 bits per heavy atom. The molecule has 0 saturated carbocycles. The van der Waals surface area contributed by atoms with Crippen LogP contribution >= 0.6 is 11.6 Å². The average molecular weight is 273 g/mol. The summed E-state index contributed by atoms with van der Waals surface area (Å²) in [4.78, 5) is 12.0. The van der Waals surface area contributed by atoms with Crippen LogP contribution in [0.1, 0.15) is 40.4 Å². The van der Waals surface area contributed by atoms with E-state index in [2.05, 4.69) is 6.92 Å². The Morgan fingerprint density at radius 3 is 2.47 bits per heavy atom. The van der Waals surface area contributed by atoms with E-state index in [9.17, 15) is 4.79 Å². The van der Waals surface area contributed by atoms with E-state index in [1.807, 2.05) is 48.5 Å². The van der Waals surface area contributed by atoms with Crippen molar-refractivity contribution < 1.29 is 9.53 Å². The van der Waals surface area contributed by atoms with Gasteiger partial charge in [-0.15, -0.1) is 0 Å². The lowest BCUT2D eigenvalue weighted by Gasteiger charge is -2.31. The molecule has 2 aromatic carbocycles. The van der Waals surface area contributed by atoms with Crippen molar-refractivity contribution in [2.45, 2.75) is 18.9 Å². The zero-order chi connectivity index (χ0) is 13.4. The molecular formula is C16H13ClO2. The van der Waals surface area contributed by atoms with Crippen LogP contribution in [0.3, 0.4) is 0 Å². The van der Waals surface area contributed by atoms with Gasteiger partial charge >= 0.3 is 5.97 Å². The van der Waals surface area contributed by atoms with E-state index in [0.29, 0.717) is 10.6 Å². The van der Waals surface area contributed by atoms with Gasteiger partial charge in [0.1, 0.15) is 6.10 Å². The zero-order valence-electron chi connectivity index (χ0n) is 10.5. The summed E-state index contributed by atoms with van der Waals surface area (Å²) in [6, 6.07) is 15.1. The van der Waals surface area contributed by atoms with Crippen molar-refractivity contribution in [3.05, 3.63) is 70.2 Å². The van der Waals surface area contributed by atoms with Crippen molar-refractivity contribution in [3.63, 3.8) is 0 Å². The SMILES string of the molecule is C[C@@H]1c2ccccc2C(=O)O[C@H]1c1ccc(Cl)cc1. The van der Waals surface area contributed by atoms with Crippen molar-refractivity contribution in [2.24, 2.45) is 0 Å². The fourth-order valence-corrected chi connectivity index (χ4v) is 2.66. The van der Waals surface area contributed by atoms with Crippen molar-refractivity contribution >= 4 is 17.6 Å². The normalized spacial score (nSPS) is 21.7. The Morgan fingerprint density at radius 1 is 1.05 bits per heavy atom. The first kappa shape index (κ1) is 12.2. The van der Waals surface area contributed by atoms with Gasteiger partial charge in [-0.3, -0.25) is 0 Å². The Balaban J connectivity index is 2.02. The third-order valence-electron chi connectivity index (χ3n) is 3.56. The van der Waals surface area contributed by atoms with Crippen molar-refractivity contribution in [3.8, 4) is 0 Å². The van der Waals surface area contributed by atoms with Crippen LogP contribution in [0.2, 0.25) is 5.02 Å². The summed E-state index contributed by atoms with van der Waals surface area (Å²) in [5.74, 6) is -0.122. The van der Waals surface area contributed by atoms with Crippen molar-refractivity contribution in [2.75, 3.05) is 0 Å². The van der Waals surface area contributed by atoms with Gasteiger partial charge in [-0.05, 0) is 29.3 Å². The van der Waals surface area contributed by atoms with Gasteiger partial charge in [-0.2, -0.15) is 0 Å². The monoisotopic (exact) mass is 272 g/mol. The lowest BCUT2D eigenvalue weighted by molar-refractivity contribution is 0.0184. The van der Waals surface area contributed by atoms with E-state index >= 15 is 0 Å². The van der Waals surface area contributed by atoms with Gasteiger partial charge in [0.25, 0.3) is 0 Å². The topological polar surface area (TPSA) is 26.3 Å². The number of fused-ring (bicyclic) bond motifs is 1. The number of carbonyl (C=O) groups is 1. The second-order valence-electron chi connectivity index (χ2n) is 4.75. The van der Waals surface area contributed by atoms with E-state index in [0.717, 1.165) is 11.1 Å². The number of benzene rings is 2. The predicted octanol–water partition coefficient (Wildman–Crippen LogP) is 4.36. The van der Waals surface area contributed by atoms with Crippen molar-refractivity contribution in [1.82, 2.24) is 0 Å². The van der Waals surface area contributed by atoms with Crippen LogP contribution in [0.15, 0.2) is 48.5 Å². The summed E-state index contributed by atoms with van der Waals surface area (Å²) in [5.41, 5.74) is 2.68. The number of hydrogen-bond donors (Lipinski definition) is 0. The molecule has 0 amide bonds. The maximum absolute atomic E-state index is 12.0. The molecule has 2 aromatic rings. The fraction of sp³-hybridized carbons (Fsp3) is 0.188. The second kappa shape index (κ2) is 4.71. The summed E-state index contributed by atoms with van der Waals surface area (Å²) in [7, 11) is 0. The number of ether oxygens (including phenoxy) is 1. The third-order valence-corrected chi connectivity index (χ3v) is 3.81. The number of carbonyl (C=O) groups excluding carboxylic acids is 1. The van der Waals surface area contributed by atoms with E-state index in [1.165, 1.54) is 0 Å². The van der Waals surface area contributed by atoms with Gasteiger partial charge in [0.15, 0.2) is 0 Å². The first-order valence-electron chi connectivity index (χ1n) is 6.22. The van der Waals surface area contributed by atoms with Crippen LogP contribution in [-0.2, 0) is 4.74 Å². The summed E-state index contributed by atoms with van der Waals surface area (Å²) in [6.45, 7) is 2.07. The highest BCUT2D eigenvalue weighted by Crippen LogP contribution is 2.40. The minimum Gasteiger partial charge on any atom is -0.453 e. The largest absolute Gasteiger partial charge is 0.453 e. The molecule has 96 valence electrons. The lowest BCUT2D eigenvalue weighted by atomic mass is 9.85. The van der Waals surface area contributed by atoms with E-state index in [1.54, 1.807) is 0 Å². The van der Waals surface area contributed by atoms with E-state index in [4.69, 9.17) is 16.3 Å². The average Bonchev–Trinajstić information content (AvgIpc) is 2.44. The van der Waals surface area contributed by atoms with Crippen LogP contribution in [0.25, 0.3) is 0 Å². The molecular weight excluding hydrogens is 260 g/mol. The number of esters is 1. The number of halogens is 1. The van der Waals surface area contributed by atoms with E-state index in [-0.39, 0.29) is 18.0 Å². The van der Waals surface area contributed by atoms with Crippen LogP contribution in [0.4, 0.5) is 0 Å². The molecule has 0 bridgehead atoms. The van der Waals surface area contributed by atoms with Crippen LogP contribution in [0.5, 0.6) is 0 Å². The summed E-state index contributed by atoms with van der Waals surface area (Å²) in [5, 5.41) is 0.680. The molecule has 1 aliphatic heterocycles. The standard InChI is InChI=1S/C16H13ClO2/c1-10-13-4-2-3-5-14(13)16(18)19-15(10)11-6-8-12(17)9-7-11/h2-10,15H,1H3/t10-,15-/m1/s1. The quantitative estimate of drug-likeness (QED) is 0.721. The highest BCUT2D eigenvalue weighted by atomic mass is 35.5. The molecule has 1 aliphatic rings. The summed E-state index contributed by atoms with van der Waals surface area (Å²) in [6.07, 6.45) is -0.250. The molecule has 1 heterocycles. The Kier molecular flexibility index (Phi) is 3.03. The minimum absolute atomic E-state index is 0.134. The number of rotatable bonds is 1. The highest BCUT2D eigenvalue weighted by Gasteiger charge is 2.33.